The molecule has 1 atom stereocenters. The highest BCUT2D eigenvalue weighted by molar-refractivity contribution is 6.30. The second-order valence-corrected chi connectivity index (χ2v) is 5.79. The smallest absolute Gasteiger partial charge is 0.222 e. The van der Waals surface area contributed by atoms with Crippen molar-refractivity contribution in [1.82, 2.24) is 9.80 Å². The predicted octanol–water partition coefficient (Wildman–Crippen LogP) is 1.73. The summed E-state index contributed by atoms with van der Waals surface area (Å²) >= 11 is 5.91. The molecular formula is C14H18ClN3O. The monoisotopic (exact) mass is 279 g/mol. The summed E-state index contributed by atoms with van der Waals surface area (Å²) in [5.41, 5.74) is 7.85. The fourth-order valence-electron chi connectivity index (χ4n) is 3.02. The van der Waals surface area contributed by atoms with Crippen molar-refractivity contribution in [2.75, 3.05) is 25.4 Å². The van der Waals surface area contributed by atoms with Crippen molar-refractivity contribution in [2.24, 2.45) is 0 Å². The standard InChI is InChI=1S/C14H18ClN3O/c15-11-2-1-10(13(16)7-11)8-17-5-6-18-12(9-17)3-4-14(18)19/h1-2,7,12H,3-6,8-9,16H2. The molecule has 102 valence electrons. The van der Waals surface area contributed by atoms with E-state index >= 15 is 0 Å². The molecule has 1 unspecified atom stereocenters. The largest absolute Gasteiger partial charge is 0.398 e. The predicted molar refractivity (Wildman–Crippen MR) is 75.9 cm³/mol. The van der Waals surface area contributed by atoms with E-state index in [-0.39, 0.29) is 0 Å². The molecule has 2 heterocycles. The van der Waals surface area contributed by atoms with Gasteiger partial charge in [-0.25, -0.2) is 0 Å². The summed E-state index contributed by atoms with van der Waals surface area (Å²) in [7, 11) is 0. The van der Waals surface area contributed by atoms with Crippen molar-refractivity contribution in [3.8, 4) is 0 Å². The quantitative estimate of drug-likeness (QED) is 0.839. The minimum Gasteiger partial charge on any atom is -0.398 e. The number of halogens is 1. The van der Waals surface area contributed by atoms with Crippen LogP contribution in [0.4, 0.5) is 5.69 Å². The third kappa shape index (κ3) is 2.55. The van der Waals surface area contributed by atoms with E-state index in [9.17, 15) is 4.79 Å². The third-order valence-electron chi connectivity index (χ3n) is 4.08. The van der Waals surface area contributed by atoms with Crippen molar-refractivity contribution in [3.63, 3.8) is 0 Å². The molecule has 0 bridgehead atoms. The maximum Gasteiger partial charge on any atom is 0.222 e. The second kappa shape index (κ2) is 5.02. The molecule has 3 rings (SSSR count). The first-order chi connectivity index (χ1) is 9.13. The molecule has 19 heavy (non-hydrogen) atoms. The molecule has 0 aromatic heterocycles. The van der Waals surface area contributed by atoms with E-state index in [4.69, 9.17) is 17.3 Å². The SMILES string of the molecule is Nc1cc(Cl)ccc1CN1CCN2C(=O)CCC2C1. The van der Waals surface area contributed by atoms with Gasteiger partial charge in [-0.2, -0.15) is 0 Å². The number of hydrogen-bond donors (Lipinski definition) is 1. The van der Waals surface area contributed by atoms with Crippen LogP contribution in [-0.2, 0) is 11.3 Å². The Morgan fingerprint density at radius 2 is 2.21 bits per heavy atom. The van der Waals surface area contributed by atoms with Gasteiger partial charge in [0.05, 0.1) is 0 Å². The first kappa shape index (κ1) is 12.8. The molecule has 2 aliphatic rings. The van der Waals surface area contributed by atoms with Crippen LogP contribution in [0.15, 0.2) is 18.2 Å². The second-order valence-electron chi connectivity index (χ2n) is 5.36. The molecule has 1 amide bonds. The van der Waals surface area contributed by atoms with Crippen molar-refractivity contribution in [3.05, 3.63) is 28.8 Å². The first-order valence-electron chi connectivity index (χ1n) is 6.69. The number of hydrogen-bond acceptors (Lipinski definition) is 3. The van der Waals surface area contributed by atoms with Gasteiger partial charge in [0.15, 0.2) is 0 Å². The van der Waals surface area contributed by atoms with E-state index < -0.39 is 0 Å². The molecule has 2 fully saturated rings. The van der Waals surface area contributed by atoms with Gasteiger partial charge in [-0.15, -0.1) is 0 Å². The van der Waals surface area contributed by atoms with Crippen LogP contribution in [0.5, 0.6) is 0 Å². The Bertz CT molecular complexity index is 505. The molecule has 4 nitrogen and oxygen atoms in total. The normalized spacial score (nSPS) is 23.7. The summed E-state index contributed by atoms with van der Waals surface area (Å²) in [4.78, 5) is 16.0. The van der Waals surface area contributed by atoms with E-state index in [0.29, 0.717) is 23.4 Å². The van der Waals surface area contributed by atoms with Crippen LogP contribution in [0.1, 0.15) is 18.4 Å². The fraction of sp³-hybridized carbons (Fsp3) is 0.500. The Balaban J connectivity index is 1.66. The molecular weight excluding hydrogens is 262 g/mol. The van der Waals surface area contributed by atoms with E-state index in [1.807, 2.05) is 17.0 Å². The zero-order valence-corrected chi connectivity index (χ0v) is 11.6. The van der Waals surface area contributed by atoms with E-state index in [1.54, 1.807) is 6.07 Å². The Kier molecular flexibility index (Phi) is 3.37. The van der Waals surface area contributed by atoms with Crippen LogP contribution in [0.2, 0.25) is 5.02 Å². The average molecular weight is 280 g/mol. The summed E-state index contributed by atoms with van der Waals surface area (Å²) in [5, 5.41) is 0.674. The lowest BCUT2D eigenvalue weighted by molar-refractivity contribution is -0.130. The molecule has 2 saturated heterocycles. The molecule has 0 saturated carbocycles. The van der Waals surface area contributed by atoms with Gasteiger partial charge in [-0.1, -0.05) is 17.7 Å². The maximum atomic E-state index is 11.6. The number of carbonyl (C=O) groups is 1. The summed E-state index contributed by atoms with van der Waals surface area (Å²) in [5.74, 6) is 0.315. The van der Waals surface area contributed by atoms with Crippen LogP contribution in [0, 0.1) is 0 Å². The van der Waals surface area contributed by atoms with Crippen LogP contribution >= 0.6 is 11.6 Å². The number of fused-ring (bicyclic) bond motifs is 1. The van der Waals surface area contributed by atoms with Crippen LogP contribution in [0.25, 0.3) is 0 Å². The van der Waals surface area contributed by atoms with Gasteiger partial charge in [0.2, 0.25) is 5.91 Å². The number of amides is 1. The third-order valence-corrected chi connectivity index (χ3v) is 4.32. The van der Waals surface area contributed by atoms with Crippen LogP contribution < -0.4 is 5.73 Å². The number of anilines is 1. The molecule has 0 aliphatic carbocycles. The number of benzene rings is 1. The maximum absolute atomic E-state index is 11.6. The molecule has 1 aromatic rings. The van der Waals surface area contributed by atoms with Gasteiger partial charge in [0, 0.05) is 49.4 Å². The summed E-state index contributed by atoms with van der Waals surface area (Å²) in [6, 6.07) is 6.06. The lowest BCUT2D eigenvalue weighted by Crippen LogP contribution is -2.50. The first-order valence-corrected chi connectivity index (χ1v) is 7.07. The lowest BCUT2D eigenvalue weighted by Gasteiger charge is -2.37. The Morgan fingerprint density at radius 3 is 3.00 bits per heavy atom. The van der Waals surface area contributed by atoms with Gasteiger partial charge in [0.1, 0.15) is 0 Å². The van der Waals surface area contributed by atoms with Crippen molar-refractivity contribution < 1.29 is 4.79 Å². The highest BCUT2D eigenvalue weighted by Crippen LogP contribution is 2.25. The Morgan fingerprint density at radius 1 is 1.37 bits per heavy atom. The summed E-state index contributed by atoms with van der Waals surface area (Å²) in [6.45, 7) is 3.55. The Hall–Kier alpha value is -1.26. The highest BCUT2D eigenvalue weighted by atomic mass is 35.5. The van der Waals surface area contributed by atoms with Crippen molar-refractivity contribution >= 4 is 23.2 Å². The van der Waals surface area contributed by atoms with Crippen LogP contribution in [0.3, 0.4) is 0 Å². The average Bonchev–Trinajstić information content (AvgIpc) is 2.74. The zero-order chi connectivity index (χ0) is 13.4. The van der Waals surface area contributed by atoms with Gasteiger partial charge >= 0.3 is 0 Å². The number of piperazine rings is 1. The number of nitrogens with zero attached hydrogens (tertiary/aromatic N) is 2. The van der Waals surface area contributed by atoms with Crippen molar-refractivity contribution in [2.45, 2.75) is 25.4 Å². The van der Waals surface area contributed by atoms with Gasteiger partial charge in [0.25, 0.3) is 0 Å². The van der Waals surface area contributed by atoms with Crippen molar-refractivity contribution in [1.29, 1.82) is 0 Å². The lowest BCUT2D eigenvalue weighted by atomic mass is 10.1. The van der Waals surface area contributed by atoms with E-state index in [0.717, 1.165) is 43.9 Å². The highest BCUT2D eigenvalue weighted by Gasteiger charge is 2.35. The summed E-state index contributed by atoms with van der Waals surface area (Å²) in [6.07, 6.45) is 1.70. The minimum absolute atomic E-state index is 0.315. The number of nitrogens with two attached hydrogens (primary N) is 1. The number of carbonyl (C=O) groups excluding carboxylic acids is 1. The zero-order valence-electron chi connectivity index (χ0n) is 10.8. The van der Waals surface area contributed by atoms with E-state index in [2.05, 4.69) is 4.90 Å². The molecule has 0 spiro atoms. The van der Waals surface area contributed by atoms with Gasteiger partial charge in [-0.3, -0.25) is 9.69 Å². The van der Waals surface area contributed by atoms with Gasteiger partial charge in [-0.05, 0) is 24.1 Å². The number of nitrogen functional groups attached to an aromatic ring is 1. The summed E-state index contributed by atoms with van der Waals surface area (Å²) < 4.78 is 0. The minimum atomic E-state index is 0.315. The molecule has 2 N–H and O–H groups in total. The number of rotatable bonds is 2. The molecule has 0 radical (unpaired) electrons. The van der Waals surface area contributed by atoms with Gasteiger partial charge < -0.3 is 10.6 Å². The fourth-order valence-corrected chi connectivity index (χ4v) is 3.20. The van der Waals surface area contributed by atoms with E-state index in [1.165, 1.54) is 0 Å². The molecule has 5 heteroatoms. The molecule has 1 aromatic carbocycles. The topological polar surface area (TPSA) is 49.6 Å². The molecule has 2 aliphatic heterocycles. The van der Waals surface area contributed by atoms with Crippen LogP contribution in [-0.4, -0.2) is 41.4 Å². The Labute approximate surface area is 118 Å².